The van der Waals surface area contributed by atoms with Crippen LogP contribution in [0.15, 0.2) is 48.5 Å². The van der Waals surface area contributed by atoms with Crippen LogP contribution >= 0.6 is 0 Å². The monoisotopic (exact) mass is 358 g/mol. The van der Waals surface area contributed by atoms with Gasteiger partial charge in [0.1, 0.15) is 23.5 Å². The second-order valence-corrected chi connectivity index (χ2v) is 7.24. The Kier molecular flexibility index (Phi) is 4.81. The lowest BCUT2D eigenvalue weighted by atomic mass is 9.91. The number of rotatable bonds is 3. The summed E-state index contributed by atoms with van der Waals surface area (Å²) in [6.07, 6.45) is 2.19. The van der Waals surface area contributed by atoms with Crippen LogP contribution in [0.4, 0.5) is 14.5 Å². The average Bonchev–Trinajstić information content (AvgIpc) is 2.65. The molecule has 4 rings (SSSR count). The highest BCUT2D eigenvalue weighted by atomic mass is 19.1. The first-order valence-electron chi connectivity index (χ1n) is 9.28. The summed E-state index contributed by atoms with van der Waals surface area (Å²) < 4.78 is 32.3. The Morgan fingerprint density at radius 3 is 2.23 bits per heavy atom. The Bertz CT molecular complexity index is 735. The van der Waals surface area contributed by atoms with Gasteiger partial charge >= 0.3 is 0 Å². The van der Waals surface area contributed by atoms with Crippen LogP contribution in [0.3, 0.4) is 0 Å². The van der Waals surface area contributed by atoms with E-state index in [4.69, 9.17) is 4.74 Å². The van der Waals surface area contributed by atoms with E-state index in [2.05, 4.69) is 16.7 Å². The number of piperidine rings is 1. The molecule has 2 aliphatic heterocycles. The average molecular weight is 358 g/mol. The van der Waals surface area contributed by atoms with E-state index in [1.807, 2.05) is 12.1 Å². The zero-order chi connectivity index (χ0) is 18.1. The third-order valence-corrected chi connectivity index (χ3v) is 5.64. The molecule has 26 heavy (non-hydrogen) atoms. The molecule has 1 unspecified atom stereocenters. The lowest BCUT2D eigenvalue weighted by Gasteiger charge is -2.51. The summed E-state index contributed by atoms with van der Waals surface area (Å²) in [6.45, 7) is 5.03. The zero-order valence-corrected chi connectivity index (χ0v) is 14.9. The number of piperazine rings is 1. The van der Waals surface area contributed by atoms with Gasteiger partial charge in [0.15, 0.2) is 0 Å². The number of hydrogen-bond donors (Lipinski definition) is 0. The standard InChI is InChI=1S/C21H24F2N2O/c1-15-21-11-10-20(26-19-8-4-17(23)5-9-19)14-24(21)12-13-25(15)18-6-2-16(22)3-7-18/h2-9,15,20-21H,10-14H2,1H3/t15?,20-,21-/m0/s1. The molecule has 2 aromatic rings. The number of anilines is 1. The van der Waals surface area contributed by atoms with Crippen molar-refractivity contribution < 1.29 is 13.5 Å². The van der Waals surface area contributed by atoms with E-state index in [0.29, 0.717) is 12.1 Å². The second-order valence-electron chi connectivity index (χ2n) is 7.24. The number of benzene rings is 2. The number of fused-ring (bicyclic) bond motifs is 1. The van der Waals surface area contributed by atoms with Gasteiger partial charge in [-0.3, -0.25) is 4.90 Å². The summed E-state index contributed by atoms with van der Waals surface area (Å²) in [5.41, 5.74) is 1.09. The highest BCUT2D eigenvalue weighted by Crippen LogP contribution is 2.31. The molecule has 0 radical (unpaired) electrons. The highest BCUT2D eigenvalue weighted by Gasteiger charge is 2.38. The summed E-state index contributed by atoms with van der Waals surface area (Å²) in [5.74, 6) is 0.290. The minimum atomic E-state index is -0.244. The van der Waals surface area contributed by atoms with Gasteiger partial charge in [-0.2, -0.15) is 0 Å². The Hall–Kier alpha value is -2.14. The first kappa shape index (κ1) is 17.3. The quantitative estimate of drug-likeness (QED) is 0.822. The lowest BCUT2D eigenvalue weighted by molar-refractivity contribution is 0.0290. The van der Waals surface area contributed by atoms with Crippen LogP contribution in [-0.2, 0) is 0 Å². The van der Waals surface area contributed by atoms with Crippen LogP contribution in [0.1, 0.15) is 19.8 Å². The number of nitrogens with zero attached hydrogens (tertiary/aromatic N) is 2. The van der Waals surface area contributed by atoms with Gasteiger partial charge in [0, 0.05) is 37.4 Å². The minimum Gasteiger partial charge on any atom is -0.489 e. The predicted molar refractivity (Wildman–Crippen MR) is 98.6 cm³/mol. The molecule has 0 aliphatic carbocycles. The van der Waals surface area contributed by atoms with Crippen LogP contribution < -0.4 is 9.64 Å². The van der Waals surface area contributed by atoms with Gasteiger partial charge in [-0.1, -0.05) is 0 Å². The van der Waals surface area contributed by atoms with E-state index in [9.17, 15) is 8.78 Å². The molecule has 138 valence electrons. The summed E-state index contributed by atoms with van der Waals surface area (Å²) in [5, 5.41) is 0. The molecule has 5 heteroatoms. The lowest BCUT2D eigenvalue weighted by Crippen LogP contribution is -2.62. The zero-order valence-electron chi connectivity index (χ0n) is 14.9. The van der Waals surface area contributed by atoms with E-state index in [0.717, 1.165) is 43.9 Å². The fourth-order valence-corrected chi connectivity index (χ4v) is 4.28. The summed E-state index contributed by atoms with van der Waals surface area (Å²) in [7, 11) is 0. The van der Waals surface area contributed by atoms with Gasteiger partial charge in [0.2, 0.25) is 0 Å². The molecule has 2 saturated heterocycles. The van der Waals surface area contributed by atoms with Crippen molar-refractivity contribution in [1.29, 1.82) is 0 Å². The fourth-order valence-electron chi connectivity index (χ4n) is 4.28. The van der Waals surface area contributed by atoms with Crippen molar-refractivity contribution in [2.75, 3.05) is 24.5 Å². The van der Waals surface area contributed by atoms with E-state index in [1.165, 1.54) is 24.3 Å². The van der Waals surface area contributed by atoms with Gasteiger partial charge in [-0.05, 0) is 68.3 Å². The summed E-state index contributed by atoms with van der Waals surface area (Å²) in [4.78, 5) is 4.88. The molecular weight excluding hydrogens is 334 g/mol. The molecule has 0 spiro atoms. The van der Waals surface area contributed by atoms with Crippen molar-refractivity contribution in [2.45, 2.75) is 38.0 Å². The molecule has 3 nitrogen and oxygen atoms in total. The van der Waals surface area contributed by atoms with E-state index >= 15 is 0 Å². The van der Waals surface area contributed by atoms with Gasteiger partial charge in [-0.25, -0.2) is 8.78 Å². The maximum absolute atomic E-state index is 13.2. The Morgan fingerprint density at radius 1 is 0.885 bits per heavy atom. The normalized spacial score (nSPS) is 26.4. The summed E-state index contributed by atoms with van der Waals surface area (Å²) >= 11 is 0. The maximum atomic E-state index is 13.2. The van der Waals surface area contributed by atoms with Crippen LogP contribution in [0, 0.1) is 11.6 Å². The SMILES string of the molecule is CC1[C@@H]2CC[C@H](Oc3ccc(F)cc3)CN2CCN1c1ccc(F)cc1. The molecule has 2 aliphatic rings. The molecule has 2 heterocycles. The van der Waals surface area contributed by atoms with Crippen molar-refractivity contribution in [3.05, 3.63) is 60.2 Å². The molecule has 0 aromatic heterocycles. The molecule has 0 N–H and O–H groups in total. The van der Waals surface area contributed by atoms with Crippen molar-refractivity contribution in [2.24, 2.45) is 0 Å². The van der Waals surface area contributed by atoms with Crippen molar-refractivity contribution in [3.63, 3.8) is 0 Å². The highest BCUT2D eigenvalue weighted by molar-refractivity contribution is 5.48. The first-order chi connectivity index (χ1) is 12.6. The molecule has 3 atom stereocenters. The molecule has 0 bridgehead atoms. The third kappa shape index (κ3) is 3.54. The third-order valence-electron chi connectivity index (χ3n) is 5.64. The van der Waals surface area contributed by atoms with Crippen LogP contribution in [0.5, 0.6) is 5.75 Å². The van der Waals surface area contributed by atoms with Crippen LogP contribution in [0.2, 0.25) is 0 Å². The van der Waals surface area contributed by atoms with Crippen molar-refractivity contribution in [3.8, 4) is 5.75 Å². The van der Waals surface area contributed by atoms with Gasteiger partial charge < -0.3 is 9.64 Å². The Morgan fingerprint density at radius 2 is 1.54 bits per heavy atom. The molecule has 2 aromatic carbocycles. The molecule has 0 saturated carbocycles. The molecule has 0 amide bonds. The molecule has 2 fully saturated rings. The van der Waals surface area contributed by atoms with Crippen molar-refractivity contribution >= 4 is 5.69 Å². The fraction of sp³-hybridized carbons (Fsp3) is 0.429. The second kappa shape index (κ2) is 7.23. The van der Waals surface area contributed by atoms with E-state index in [-0.39, 0.29) is 17.7 Å². The van der Waals surface area contributed by atoms with E-state index in [1.54, 1.807) is 12.1 Å². The minimum absolute atomic E-state index is 0.140. The van der Waals surface area contributed by atoms with Crippen molar-refractivity contribution in [1.82, 2.24) is 4.90 Å². The molecular formula is C21H24F2N2O. The topological polar surface area (TPSA) is 15.7 Å². The number of ether oxygens (including phenoxy) is 1. The maximum Gasteiger partial charge on any atom is 0.123 e. The van der Waals surface area contributed by atoms with Gasteiger partial charge in [0.25, 0.3) is 0 Å². The number of hydrogen-bond acceptors (Lipinski definition) is 3. The first-order valence-corrected chi connectivity index (χ1v) is 9.28. The smallest absolute Gasteiger partial charge is 0.123 e. The van der Waals surface area contributed by atoms with Gasteiger partial charge in [-0.15, -0.1) is 0 Å². The number of halogens is 2. The van der Waals surface area contributed by atoms with Crippen LogP contribution in [-0.4, -0.2) is 42.7 Å². The largest absolute Gasteiger partial charge is 0.489 e. The van der Waals surface area contributed by atoms with E-state index < -0.39 is 0 Å². The van der Waals surface area contributed by atoms with Gasteiger partial charge in [0.05, 0.1) is 0 Å². The summed E-state index contributed by atoms with van der Waals surface area (Å²) in [6, 6.07) is 13.9. The Balaban J connectivity index is 1.40. The predicted octanol–water partition coefficient (Wildman–Crippen LogP) is 4.09. The van der Waals surface area contributed by atoms with Crippen LogP contribution in [0.25, 0.3) is 0 Å². The Labute approximate surface area is 153 Å².